The van der Waals surface area contributed by atoms with Crippen molar-refractivity contribution >= 4 is 0 Å². The van der Waals surface area contributed by atoms with Crippen molar-refractivity contribution in [1.29, 1.82) is 0 Å². The molecule has 0 aromatic rings. The van der Waals surface area contributed by atoms with Gasteiger partial charge in [-0.05, 0) is 110 Å². The van der Waals surface area contributed by atoms with Crippen LogP contribution in [0.3, 0.4) is 0 Å². The van der Waals surface area contributed by atoms with Crippen molar-refractivity contribution < 1.29 is 5.11 Å². The summed E-state index contributed by atoms with van der Waals surface area (Å²) in [5.41, 5.74) is 0. The molecule has 0 fully saturated rings. The lowest BCUT2D eigenvalue weighted by molar-refractivity contribution is 0.292. The van der Waals surface area contributed by atoms with Crippen LogP contribution in [0.1, 0.15) is 64.7 Å². The van der Waals surface area contributed by atoms with E-state index in [1.807, 2.05) is 0 Å². The van der Waals surface area contributed by atoms with Crippen LogP contribution in [0.4, 0.5) is 0 Å². The lowest BCUT2D eigenvalue weighted by Crippen LogP contribution is -2.22. The first kappa shape index (κ1) is 26.8. The minimum Gasteiger partial charge on any atom is -0.395 e. The zero-order chi connectivity index (χ0) is 19.7. The summed E-state index contributed by atoms with van der Waals surface area (Å²) in [5, 5.41) is 25.8. The summed E-state index contributed by atoms with van der Waals surface area (Å²) in [5.74, 6) is 0. The molecule has 0 aromatic carbocycles. The predicted octanol–water partition coefficient (Wildman–Crippen LogP) is 1.46. The molecule has 0 atom stereocenters. The van der Waals surface area contributed by atoms with Gasteiger partial charge in [-0.25, -0.2) is 0 Å². The monoisotopic (exact) mass is 387 g/mol. The second-order valence-electron chi connectivity index (χ2n) is 7.26. The van der Waals surface area contributed by atoms with Crippen LogP contribution >= 0.6 is 0 Å². The van der Waals surface area contributed by atoms with Gasteiger partial charge in [0.25, 0.3) is 0 Å². The van der Waals surface area contributed by atoms with E-state index in [9.17, 15) is 0 Å². The van der Waals surface area contributed by atoms with E-state index in [4.69, 9.17) is 5.11 Å². The molecule has 0 rings (SSSR count). The molecule has 0 bridgehead atoms. The van der Waals surface area contributed by atoms with Gasteiger partial charge in [0.05, 0.1) is 6.61 Å². The van der Waals surface area contributed by atoms with Crippen LogP contribution in [0.5, 0.6) is 0 Å². The molecule has 6 nitrogen and oxygen atoms in total. The molecule has 0 spiro atoms. The molecule has 0 heterocycles. The molecule has 0 radical (unpaired) electrons. The van der Waals surface area contributed by atoms with E-state index < -0.39 is 0 Å². The molecule has 6 heteroatoms. The van der Waals surface area contributed by atoms with Gasteiger partial charge in [0, 0.05) is 6.54 Å². The Morgan fingerprint density at radius 1 is 0.407 bits per heavy atom. The van der Waals surface area contributed by atoms with E-state index in [2.05, 4.69) is 33.5 Å². The third-order valence-corrected chi connectivity index (χ3v) is 4.62. The lowest BCUT2D eigenvalue weighted by Gasteiger charge is -2.07. The van der Waals surface area contributed by atoms with Crippen LogP contribution in [-0.4, -0.2) is 77.2 Å². The molecule has 27 heavy (non-hydrogen) atoms. The average Bonchev–Trinajstić information content (AvgIpc) is 2.68. The second kappa shape index (κ2) is 25.8. The first-order chi connectivity index (χ1) is 13.4. The smallest absolute Gasteiger partial charge is 0.0555 e. The van der Waals surface area contributed by atoms with E-state index in [-0.39, 0.29) is 6.61 Å². The highest BCUT2D eigenvalue weighted by molar-refractivity contribution is 4.55. The van der Waals surface area contributed by atoms with E-state index in [1.54, 1.807) is 0 Å². The Morgan fingerprint density at radius 2 is 0.704 bits per heavy atom. The molecule has 0 aliphatic carbocycles. The number of aliphatic hydroxyl groups is 1. The number of nitrogens with one attached hydrogen (secondary N) is 5. The third kappa shape index (κ3) is 25.8. The van der Waals surface area contributed by atoms with Gasteiger partial charge < -0.3 is 31.7 Å². The van der Waals surface area contributed by atoms with E-state index in [0.717, 1.165) is 65.4 Å². The van der Waals surface area contributed by atoms with Crippen LogP contribution in [0, 0.1) is 0 Å². The number of unbranched alkanes of at least 4 members (excludes halogenated alkanes) is 5. The van der Waals surface area contributed by atoms with E-state index >= 15 is 0 Å². The predicted molar refractivity (Wildman–Crippen MR) is 119 cm³/mol. The maximum Gasteiger partial charge on any atom is 0.0555 e. The fourth-order valence-corrected chi connectivity index (χ4v) is 2.93. The minimum atomic E-state index is 0.238. The van der Waals surface area contributed by atoms with Gasteiger partial charge in [-0.3, -0.25) is 0 Å². The molecule has 0 saturated heterocycles. The van der Waals surface area contributed by atoms with E-state index in [0.29, 0.717) is 0 Å². The average molecular weight is 388 g/mol. The zero-order valence-electron chi connectivity index (χ0n) is 18.1. The quantitative estimate of drug-likeness (QED) is 0.141. The Kier molecular flexibility index (Phi) is 25.5. The normalized spacial score (nSPS) is 11.3. The zero-order valence-corrected chi connectivity index (χ0v) is 18.1. The highest BCUT2D eigenvalue weighted by atomic mass is 16.3. The summed E-state index contributed by atoms with van der Waals surface area (Å²) in [6, 6.07) is 0. The first-order valence-corrected chi connectivity index (χ1v) is 11.6. The maximum absolute atomic E-state index is 8.65. The van der Waals surface area contributed by atoms with Crippen LogP contribution in [0.2, 0.25) is 0 Å². The van der Waals surface area contributed by atoms with Crippen LogP contribution in [0.15, 0.2) is 0 Å². The molecule has 0 aliphatic rings. The molecule has 0 unspecified atom stereocenters. The highest BCUT2D eigenvalue weighted by Gasteiger charge is 1.93. The summed E-state index contributed by atoms with van der Waals surface area (Å²) in [4.78, 5) is 0. The van der Waals surface area contributed by atoms with Crippen molar-refractivity contribution in [2.75, 3.05) is 72.1 Å². The number of hydrogen-bond acceptors (Lipinski definition) is 6. The van der Waals surface area contributed by atoms with Gasteiger partial charge in [0.2, 0.25) is 0 Å². The molecular weight excluding hydrogens is 338 g/mol. The Labute approximate surface area is 169 Å². The summed E-state index contributed by atoms with van der Waals surface area (Å²) in [6.07, 6.45) is 11.4. The van der Waals surface area contributed by atoms with Crippen molar-refractivity contribution in [2.24, 2.45) is 0 Å². The molecule has 0 aliphatic heterocycles. The van der Waals surface area contributed by atoms with Gasteiger partial charge in [-0.1, -0.05) is 13.3 Å². The van der Waals surface area contributed by atoms with Gasteiger partial charge in [0.15, 0.2) is 0 Å². The Bertz CT molecular complexity index is 233. The van der Waals surface area contributed by atoms with Crippen LogP contribution < -0.4 is 26.6 Å². The molecule has 164 valence electrons. The Hall–Kier alpha value is -0.240. The fraction of sp³-hybridized carbons (Fsp3) is 1.00. The van der Waals surface area contributed by atoms with Crippen molar-refractivity contribution in [2.45, 2.75) is 64.7 Å². The number of aliphatic hydroxyl groups excluding tert-OH is 1. The van der Waals surface area contributed by atoms with Crippen molar-refractivity contribution in [3.05, 3.63) is 0 Å². The maximum atomic E-state index is 8.65. The second-order valence-corrected chi connectivity index (χ2v) is 7.26. The third-order valence-electron chi connectivity index (χ3n) is 4.62. The van der Waals surface area contributed by atoms with Crippen molar-refractivity contribution in [1.82, 2.24) is 26.6 Å². The van der Waals surface area contributed by atoms with Gasteiger partial charge in [-0.2, -0.15) is 0 Å². The summed E-state index contributed by atoms with van der Waals surface area (Å²) >= 11 is 0. The summed E-state index contributed by atoms with van der Waals surface area (Å²) in [7, 11) is 0. The lowest BCUT2D eigenvalue weighted by atomic mass is 10.2. The Balaban J connectivity index is 2.95. The molecule has 6 N–H and O–H groups in total. The van der Waals surface area contributed by atoms with Crippen molar-refractivity contribution in [3.8, 4) is 0 Å². The van der Waals surface area contributed by atoms with Gasteiger partial charge in [-0.15, -0.1) is 0 Å². The largest absolute Gasteiger partial charge is 0.395 e. The van der Waals surface area contributed by atoms with Gasteiger partial charge in [0.1, 0.15) is 0 Å². The minimum absolute atomic E-state index is 0.238. The standard InChI is InChI=1S/C21H49N5O/c1-2-22-12-6-7-15-25-18-9-8-16-23-13-4-3-5-14-24-17-10-11-19-26-20-21-27/h22-27H,2-21H2,1H3. The van der Waals surface area contributed by atoms with Crippen LogP contribution in [0.25, 0.3) is 0 Å². The molecule has 0 amide bonds. The molecular formula is C21H49N5O. The SMILES string of the molecule is CCNCCCCNCCCCNCCCCCNCCCCNCCO. The first-order valence-electron chi connectivity index (χ1n) is 11.6. The fourth-order valence-electron chi connectivity index (χ4n) is 2.93. The Morgan fingerprint density at radius 3 is 1.04 bits per heavy atom. The number of rotatable bonds is 24. The van der Waals surface area contributed by atoms with E-state index in [1.165, 1.54) is 57.8 Å². The summed E-state index contributed by atoms with van der Waals surface area (Å²) in [6.45, 7) is 13.3. The topological polar surface area (TPSA) is 80.4 Å². The molecule has 0 saturated carbocycles. The molecule has 0 aromatic heterocycles. The van der Waals surface area contributed by atoms with Crippen molar-refractivity contribution in [3.63, 3.8) is 0 Å². The highest BCUT2D eigenvalue weighted by Crippen LogP contribution is 1.94. The number of hydrogen-bond donors (Lipinski definition) is 6. The summed E-state index contributed by atoms with van der Waals surface area (Å²) < 4.78 is 0. The van der Waals surface area contributed by atoms with Gasteiger partial charge >= 0.3 is 0 Å². The van der Waals surface area contributed by atoms with Crippen LogP contribution in [-0.2, 0) is 0 Å².